The van der Waals surface area contributed by atoms with Crippen molar-refractivity contribution < 1.29 is 32.2 Å². The molecule has 1 unspecified atom stereocenters. The summed E-state index contributed by atoms with van der Waals surface area (Å²) in [6, 6.07) is 10.8. The van der Waals surface area contributed by atoms with Gasteiger partial charge in [-0.2, -0.15) is 13.2 Å². The van der Waals surface area contributed by atoms with Crippen LogP contribution in [0.5, 0.6) is 11.5 Å². The maximum atomic E-state index is 13.0. The SMILES string of the molecule is COc1cc(OC)cc(C(NC(=O)c2ccc(COCC(F)(F)F)cc2)c2nccn2C)c1. The van der Waals surface area contributed by atoms with E-state index in [9.17, 15) is 18.0 Å². The Morgan fingerprint density at radius 1 is 1.09 bits per heavy atom. The number of carbonyl (C=O) groups excluding carboxylic acids is 1. The molecule has 1 atom stereocenters. The van der Waals surface area contributed by atoms with E-state index in [2.05, 4.69) is 15.0 Å². The first kappa shape index (κ1) is 24.1. The summed E-state index contributed by atoms with van der Waals surface area (Å²) in [4.78, 5) is 17.4. The van der Waals surface area contributed by atoms with Crippen LogP contribution in [0.15, 0.2) is 54.9 Å². The molecule has 0 radical (unpaired) electrons. The maximum Gasteiger partial charge on any atom is 0.411 e. The van der Waals surface area contributed by atoms with Crippen molar-refractivity contribution in [3.63, 3.8) is 0 Å². The molecule has 3 aromatic rings. The second-order valence-corrected chi connectivity index (χ2v) is 7.25. The summed E-state index contributed by atoms with van der Waals surface area (Å²) in [5.41, 5.74) is 1.56. The van der Waals surface area contributed by atoms with E-state index < -0.39 is 18.8 Å². The highest BCUT2D eigenvalue weighted by Crippen LogP contribution is 2.29. The van der Waals surface area contributed by atoms with Gasteiger partial charge in [-0.1, -0.05) is 12.1 Å². The Labute approximate surface area is 189 Å². The molecule has 33 heavy (non-hydrogen) atoms. The molecule has 176 valence electrons. The summed E-state index contributed by atoms with van der Waals surface area (Å²) < 4.78 is 53.8. The zero-order chi connectivity index (χ0) is 24.0. The lowest BCUT2D eigenvalue weighted by molar-refractivity contribution is -0.176. The van der Waals surface area contributed by atoms with Crippen LogP contribution in [-0.4, -0.2) is 42.5 Å². The molecule has 0 saturated carbocycles. The molecular weight excluding hydrogens is 439 g/mol. The molecule has 7 nitrogen and oxygen atoms in total. The van der Waals surface area contributed by atoms with Gasteiger partial charge >= 0.3 is 6.18 Å². The van der Waals surface area contributed by atoms with Crippen LogP contribution >= 0.6 is 0 Å². The summed E-state index contributed by atoms with van der Waals surface area (Å²) in [5.74, 6) is 1.32. The number of methoxy groups -OCH3 is 2. The number of benzene rings is 2. The number of nitrogens with one attached hydrogen (secondary N) is 1. The minimum atomic E-state index is -4.39. The largest absolute Gasteiger partial charge is 0.497 e. The van der Waals surface area contributed by atoms with Crippen molar-refractivity contribution in [3.8, 4) is 11.5 Å². The fraction of sp³-hybridized carbons (Fsp3) is 0.304. The number of carbonyl (C=O) groups is 1. The average Bonchev–Trinajstić information content (AvgIpc) is 3.21. The number of hydrogen-bond donors (Lipinski definition) is 1. The molecule has 0 bridgehead atoms. The smallest absolute Gasteiger partial charge is 0.411 e. The standard InChI is InChI=1S/C23H24F3N3O4/c1-29-9-8-27-21(29)20(17-10-18(31-2)12-19(11-17)32-3)28-22(30)16-6-4-15(5-7-16)13-33-14-23(24,25)26/h4-12,20H,13-14H2,1-3H3,(H,28,30). The lowest BCUT2D eigenvalue weighted by Gasteiger charge is -2.20. The van der Waals surface area contributed by atoms with Crippen LogP contribution in [0.4, 0.5) is 13.2 Å². The van der Waals surface area contributed by atoms with E-state index >= 15 is 0 Å². The van der Waals surface area contributed by atoms with E-state index in [1.165, 1.54) is 26.4 Å². The second-order valence-electron chi connectivity index (χ2n) is 7.25. The molecule has 0 aliphatic carbocycles. The zero-order valence-electron chi connectivity index (χ0n) is 18.3. The zero-order valence-corrected chi connectivity index (χ0v) is 18.3. The maximum absolute atomic E-state index is 13.0. The number of aryl methyl sites for hydroxylation is 1. The lowest BCUT2D eigenvalue weighted by atomic mass is 10.0. The first-order chi connectivity index (χ1) is 15.7. The van der Waals surface area contributed by atoms with Crippen molar-refractivity contribution in [2.75, 3.05) is 20.8 Å². The van der Waals surface area contributed by atoms with Crippen molar-refractivity contribution >= 4 is 5.91 Å². The number of imidazole rings is 1. The third-order valence-electron chi connectivity index (χ3n) is 4.85. The van der Waals surface area contributed by atoms with E-state index in [0.29, 0.717) is 34.0 Å². The molecule has 0 fully saturated rings. The number of hydrogen-bond acceptors (Lipinski definition) is 5. The summed E-state index contributed by atoms with van der Waals surface area (Å²) in [6.07, 6.45) is -0.994. The molecule has 0 saturated heterocycles. The van der Waals surface area contributed by atoms with Crippen LogP contribution in [0.1, 0.15) is 33.4 Å². The molecule has 10 heteroatoms. The Hall–Kier alpha value is -3.53. The number of alkyl halides is 3. The van der Waals surface area contributed by atoms with Crippen LogP contribution in [0.3, 0.4) is 0 Å². The minimum Gasteiger partial charge on any atom is -0.497 e. The molecule has 0 aliphatic rings. The first-order valence-corrected chi connectivity index (χ1v) is 9.94. The topological polar surface area (TPSA) is 74.6 Å². The van der Waals surface area contributed by atoms with Gasteiger partial charge in [0, 0.05) is 31.1 Å². The Kier molecular flexibility index (Phi) is 7.59. The van der Waals surface area contributed by atoms with Crippen molar-refractivity contribution in [3.05, 3.63) is 77.4 Å². The Morgan fingerprint density at radius 3 is 2.24 bits per heavy atom. The van der Waals surface area contributed by atoms with Crippen LogP contribution < -0.4 is 14.8 Å². The van der Waals surface area contributed by atoms with Gasteiger partial charge in [-0.15, -0.1) is 0 Å². The third-order valence-corrected chi connectivity index (χ3v) is 4.85. The Bertz CT molecular complexity index is 1060. The van der Waals surface area contributed by atoms with Gasteiger partial charge in [0.05, 0.1) is 20.8 Å². The molecule has 3 rings (SSSR count). The number of ether oxygens (including phenoxy) is 3. The molecular formula is C23H24F3N3O4. The predicted octanol–water partition coefficient (Wildman–Crippen LogP) is 4.04. The monoisotopic (exact) mass is 463 g/mol. The van der Waals surface area contributed by atoms with Crippen LogP contribution in [0, 0.1) is 0 Å². The van der Waals surface area contributed by atoms with Gasteiger partial charge in [0.2, 0.25) is 0 Å². The van der Waals surface area contributed by atoms with E-state index in [1.54, 1.807) is 47.3 Å². The lowest BCUT2D eigenvalue weighted by Crippen LogP contribution is -2.31. The van der Waals surface area contributed by atoms with Crippen LogP contribution in [-0.2, 0) is 18.4 Å². The van der Waals surface area contributed by atoms with Gasteiger partial charge < -0.3 is 24.1 Å². The summed E-state index contributed by atoms with van der Waals surface area (Å²) in [6.45, 7) is -1.54. The normalized spacial score (nSPS) is 12.3. The van der Waals surface area contributed by atoms with Crippen molar-refractivity contribution in [2.45, 2.75) is 18.8 Å². The minimum absolute atomic E-state index is 0.207. The fourth-order valence-corrected chi connectivity index (χ4v) is 3.20. The van der Waals surface area contributed by atoms with Gasteiger partial charge in [0.1, 0.15) is 30.0 Å². The summed E-state index contributed by atoms with van der Waals surface area (Å²) in [7, 11) is 4.88. The molecule has 2 aromatic carbocycles. The van der Waals surface area contributed by atoms with Gasteiger partial charge in [0.25, 0.3) is 5.91 Å². The third kappa shape index (κ3) is 6.48. The van der Waals surface area contributed by atoms with Gasteiger partial charge in [0.15, 0.2) is 0 Å². The fourth-order valence-electron chi connectivity index (χ4n) is 3.20. The van der Waals surface area contributed by atoms with Crippen molar-refractivity contribution in [2.24, 2.45) is 7.05 Å². The average molecular weight is 463 g/mol. The first-order valence-electron chi connectivity index (χ1n) is 9.94. The quantitative estimate of drug-likeness (QED) is 0.519. The number of halogens is 3. The molecule has 0 spiro atoms. The van der Waals surface area contributed by atoms with Crippen molar-refractivity contribution in [1.29, 1.82) is 0 Å². The van der Waals surface area contributed by atoms with E-state index in [1.807, 2.05) is 7.05 Å². The molecule has 0 aliphatic heterocycles. The van der Waals surface area contributed by atoms with Crippen LogP contribution in [0.2, 0.25) is 0 Å². The summed E-state index contributed by atoms with van der Waals surface area (Å²) >= 11 is 0. The Balaban J connectivity index is 1.81. The van der Waals surface area contributed by atoms with Gasteiger partial charge in [-0.25, -0.2) is 4.98 Å². The number of amides is 1. The van der Waals surface area contributed by atoms with E-state index in [0.717, 1.165) is 0 Å². The summed E-state index contributed by atoms with van der Waals surface area (Å²) in [5, 5.41) is 2.96. The predicted molar refractivity (Wildman–Crippen MR) is 114 cm³/mol. The number of nitrogens with zero attached hydrogens (tertiary/aromatic N) is 2. The highest BCUT2D eigenvalue weighted by molar-refractivity contribution is 5.94. The second kappa shape index (κ2) is 10.4. The molecule has 1 heterocycles. The van der Waals surface area contributed by atoms with Gasteiger partial charge in [-0.05, 0) is 35.4 Å². The number of rotatable bonds is 9. The molecule has 1 amide bonds. The number of aromatic nitrogens is 2. The highest BCUT2D eigenvalue weighted by atomic mass is 19.4. The Morgan fingerprint density at radius 2 is 1.73 bits per heavy atom. The van der Waals surface area contributed by atoms with E-state index in [4.69, 9.17) is 9.47 Å². The van der Waals surface area contributed by atoms with Gasteiger partial charge in [-0.3, -0.25) is 4.79 Å². The highest BCUT2D eigenvalue weighted by Gasteiger charge is 2.27. The molecule has 1 N–H and O–H groups in total. The van der Waals surface area contributed by atoms with Crippen molar-refractivity contribution in [1.82, 2.24) is 14.9 Å². The molecule has 1 aromatic heterocycles. The van der Waals surface area contributed by atoms with Crippen LogP contribution in [0.25, 0.3) is 0 Å². The van der Waals surface area contributed by atoms with E-state index in [-0.39, 0.29) is 12.5 Å².